The molecule has 0 saturated carbocycles. The largest absolute Gasteiger partial charge is 0.371 e. The highest BCUT2D eigenvalue weighted by Gasteiger charge is 2.20. The molecule has 0 aliphatic carbocycles. The molecule has 0 spiro atoms. The van der Waals surface area contributed by atoms with Crippen molar-refractivity contribution in [3.8, 4) is 6.07 Å². The molecule has 5 heteroatoms. The van der Waals surface area contributed by atoms with Crippen LogP contribution in [0.4, 0.5) is 5.82 Å². The molecule has 3 aromatic rings. The number of nitrogens with one attached hydrogen (secondary N) is 2. The third-order valence-corrected chi connectivity index (χ3v) is 6.20. The van der Waals surface area contributed by atoms with Crippen LogP contribution >= 0.6 is 0 Å². The molecule has 160 valence electrons. The lowest BCUT2D eigenvalue weighted by Gasteiger charge is -2.20. The van der Waals surface area contributed by atoms with Gasteiger partial charge >= 0.3 is 0 Å². The van der Waals surface area contributed by atoms with Crippen molar-refractivity contribution in [2.75, 3.05) is 31.5 Å². The van der Waals surface area contributed by atoms with Crippen LogP contribution < -0.4 is 10.2 Å². The van der Waals surface area contributed by atoms with Crippen molar-refractivity contribution in [3.05, 3.63) is 41.0 Å². The third kappa shape index (κ3) is 4.44. The second-order valence-electron chi connectivity index (χ2n) is 8.62. The van der Waals surface area contributed by atoms with Gasteiger partial charge in [-0.15, -0.1) is 0 Å². The molecule has 0 atom stereocenters. The quantitative estimate of drug-likeness (QED) is 0.501. The number of para-hydroxylation sites is 2. The summed E-state index contributed by atoms with van der Waals surface area (Å²) in [6, 6.07) is 10.6. The Labute approximate surface area is 180 Å². The first-order valence-corrected chi connectivity index (χ1v) is 11.4. The Morgan fingerprint density at radius 3 is 2.60 bits per heavy atom. The minimum Gasteiger partial charge on any atom is -0.371 e. The Morgan fingerprint density at radius 2 is 1.93 bits per heavy atom. The molecule has 0 amide bonds. The van der Waals surface area contributed by atoms with Crippen molar-refractivity contribution >= 4 is 22.5 Å². The van der Waals surface area contributed by atoms with Gasteiger partial charge in [-0.2, -0.15) is 5.26 Å². The van der Waals surface area contributed by atoms with Crippen molar-refractivity contribution in [3.63, 3.8) is 0 Å². The minimum absolute atomic E-state index is 0.615. The monoisotopic (exact) mass is 406 g/mol. The molecule has 0 aliphatic rings. The number of fused-ring (bicyclic) bond motifs is 3. The van der Waals surface area contributed by atoms with Gasteiger partial charge in [-0.25, -0.2) is 4.98 Å². The van der Waals surface area contributed by atoms with Crippen LogP contribution in [-0.2, 0) is 6.42 Å². The molecule has 5 nitrogen and oxygen atoms in total. The fourth-order valence-electron chi connectivity index (χ4n) is 4.26. The number of anilines is 1. The van der Waals surface area contributed by atoms with Crippen molar-refractivity contribution < 1.29 is 4.90 Å². The van der Waals surface area contributed by atoms with Crippen LogP contribution in [0.2, 0.25) is 0 Å². The molecule has 2 N–H and O–H groups in total. The molecule has 0 aliphatic heterocycles. The maximum absolute atomic E-state index is 9.94. The van der Waals surface area contributed by atoms with E-state index >= 15 is 0 Å². The standard InChI is InChI=1S/C25H35N5/c1-6-29(7-2)16-10-15-27-24-20(14-13-18(3)4)19(5)21(17-26)25-28-22-11-8-9-12-23(22)30(24)25/h8-9,11-12,18,27H,6-7,10,13-16H2,1-5H3/p+1. The van der Waals surface area contributed by atoms with Gasteiger partial charge < -0.3 is 10.2 Å². The topological polar surface area (TPSA) is 57.6 Å². The van der Waals surface area contributed by atoms with E-state index in [-0.39, 0.29) is 0 Å². The average molecular weight is 407 g/mol. The van der Waals surface area contributed by atoms with E-state index in [0.29, 0.717) is 11.5 Å². The van der Waals surface area contributed by atoms with Crippen LogP contribution in [0.25, 0.3) is 16.7 Å². The normalized spacial score (nSPS) is 11.7. The van der Waals surface area contributed by atoms with E-state index in [2.05, 4.69) is 56.5 Å². The van der Waals surface area contributed by atoms with E-state index in [1.54, 1.807) is 4.90 Å². The van der Waals surface area contributed by atoms with Crippen LogP contribution in [0.3, 0.4) is 0 Å². The lowest BCUT2D eigenvalue weighted by Crippen LogP contribution is -3.11. The molecule has 2 aromatic heterocycles. The summed E-state index contributed by atoms with van der Waals surface area (Å²) >= 11 is 0. The SMILES string of the molecule is CC[NH+](CC)CCCNc1c(CCC(C)C)c(C)c(C#N)c2nc3ccccc3n12. The van der Waals surface area contributed by atoms with Gasteiger partial charge in [0.1, 0.15) is 11.9 Å². The van der Waals surface area contributed by atoms with Gasteiger partial charge in [-0.05, 0) is 62.8 Å². The number of nitrogens with zero attached hydrogens (tertiary/aromatic N) is 3. The first-order valence-electron chi connectivity index (χ1n) is 11.4. The molecule has 0 saturated heterocycles. The number of aromatic nitrogens is 2. The highest BCUT2D eigenvalue weighted by atomic mass is 15.1. The fraction of sp³-hybridized carbons (Fsp3) is 0.520. The molecule has 0 fully saturated rings. The second-order valence-corrected chi connectivity index (χ2v) is 8.62. The zero-order valence-electron chi connectivity index (χ0n) is 19.2. The molecule has 0 bridgehead atoms. The van der Waals surface area contributed by atoms with E-state index in [4.69, 9.17) is 4.98 Å². The van der Waals surface area contributed by atoms with E-state index in [9.17, 15) is 5.26 Å². The van der Waals surface area contributed by atoms with Gasteiger partial charge in [0, 0.05) is 13.0 Å². The van der Waals surface area contributed by atoms with Crippen LogP contribution in [0.1, 0.15) is 57.2 Å². The van der Waals surface area contributed by atoms with Crippen molar-refractivity contribution in [1.82, 2.24) is 9.38 Å². The van der Waals surface area contributed by atoms with E-state index < -0.39 is 0 Å². The van der Waals surface area contributed by atoms with E-state index in [1.165, 1.54) is 25.2 Å². The number of imidazole rings is 1. The highest BCUT2D eigenvalue weighted by Crippen LogP contribution is 2.32. The number of hydrogen-bond acceptors (Lipinski definition) is 3. The van der Waals surface area contributed by atoms with Crippen molar-refractivity contribution in [2.45, 2.75) is 53.9 Å². The summed E-state index contributed by atoms with van der Waals surface area (Å²) in [6.07, 6.45) is 3.18. The molecule has 30 heavy (non-hydrogen) atoms. The lowest BCUT2D eigenvalue weighted by molar-refractivity contribution is -0.896. The molecule has 0 unspecified atom stereocenters. The Kier molecular flexibility index (Phi) is 7.33. The number of pyridine rings is 1. The summed E-state index contributed by atoms with van der Waals surface area (Å²) in [7, 11) is 0. The minimum atomic E-state index is 0.615. The number of benzene rings is 1. The number of rotatable bonds is 10. The average Bonchev–Trinajstić information content (AvgIpc) is 3.12. The summed E-state index contributed by atoms with van der Waals surface area (Å²) in [5.74, 6) is 1.73. The Hall–Kier alpha value is -2.58. The summed E-state index contributed by atoms with van der Waals surface area (Å²) in [6.45, 7) is 15.5. The van der Waals surface area contributed by atoms with Crippen LogP contribution in [0.15, 0.2) is 24.3 Å². The Bertz CT molecular complexity index is 1040. The molecular weight excluding hydrogens is 370 g/mol. The smallest absolute Gasteiger partial charge is 0.157 e. The van der Waals surface area contributed by atoms with Crippen molar-refractivity contribution in [2.24, 2.45) is 5.92 Å². The van der Waals surface area contributed by atoms with Gasteiger partial charge in [0.25, 0.3) is 0 Å². The summed E-state index contributed by atoms with van der Waals surface area (Å²) in [5.41, 5.74) is 5.78. The van der Waals surface area contributed by atoms with Gasteiger partial charge in [0.15, 0.2) is 5.65 Å². The molecular formula is C25H36N5+. The Balaban J connectivity index is 2.08. The van der Waals surface area contributed by atoms with E-state index in [0.717, 1.165) is 53.9 Å². The highest BCUT2D eigenvalue weighted by molar-refractivity contribution is 5.86. The number of nitriles is 1. The number of hydrogen-bond donors (Lipinski definition) is 2. The molecule has 2 heterocycles. The van der Waals surface area contributed by atoms with Gasteiger partial charge in [-0.1, -0.05) is 26.0 Å². The molecule has 0 radical (unpaired) electrons. The van der Waals surface area contributed by atoms with Crippen LogP contribution in [0.5, 0.6) is 0 Å². The summed E-state index contributed by atoms with van der Waals surface area (Å²) in [5, 5.41) is 13.7. The van der Waals surface area contributed by atoms with Gasteiger partial charge in [0.05, 0.1) is 36.2 Å². The zero-order chi connectivity index (χ0) is 21.7. The Morgan fingerprint density at radius 1 is 1.20 bits per heavy atom. The molecule has 3 rings (SSSR count). The zero-order valence-corrected chi connectivity index (χ0v) is 19.2. The maximum atomic E-state index is 9.94. The predicted octanol–water partition coefficient (Wildman–Crippen LogP) is 3.98. The van der Waals surface area contributed by atoms with Gasteiger partial charge in [0.2, 0.25) is 0 Å². The first-order chi connectivity index (χ1) is 14.5. The third-order valence-electron chi connectivity index (χ3n) is 6.20. The predicted molar refractivity (Wildman–Crippen MR) is 125 cm³/mol. The van der Waals surface area contributed by atoms with Crippen LogP contribution in [-0.4, -0.2) is 35.6 Å². The lowest BCUT2D eigenvalue weighted by atomic mass is 9.97. The fourth-order valence-corrected chi connectivity index (χ4v) is 4.26. The van der Waals surface area contributed by atoms with Crippen LogP contribution in [0, 0.1) is 24.2 Å². The van der Waals surface area contributed by atoms with E-state index in [1.807, 2.05) is 18.2 Å². The maximum Gasteiger partial charge on any atom is 0.157 e. The molecule has 1 aromatic carbocycles. The number of quaternary nitrogens is 1. The van der Waals surface area contributed by atoms with Crippen molar-refractivity contribution in [1.29, 1.82) is 5.26 Å². The van der Waals surface area contributed by atoms with Gasteiger partial charge in [-0.3, -0.25) is 4.40 Å². The summed E-state index contributed by atoms with van der Waals surface area (Å²) in [4.78, 5) is 6.45. The first kappa shape index (κ1) is 22.1. The second kappa shape index (κ2) is 9.95. The summed E-state index contributed by atoms with van der Waals surface area (Å²) < 4.78 is 2.18.